The van der Waals surface area contributed by atoms with Gasteiger partial charge in [0.25, 0.3) is 0 Å². The zero-order valence-corrected chi connectivity index (χ0v) is 13.9. The molecule has 6 nitrogen and oxygen atoms in total. The number of benzene rings is 1. The molecule has 0 unspecified atom stereocenters. The summed E-state index contributed by atoms with van der Waals surface area (Å²) in [5.74, 6) is 1.38. The van der Waals surface area contributed by atoms with E-state index in [1.54, 1.807) is 13.2 Å². The molecule has 1 aliphatic rings. The summed E-state index contributed by atoms with van der Waals surface area (Å²) in [4.78, 5) is 12.1. The van der Waals surface area contributed by atoms with Gasteiger partial charge in [-0.3, -0.25) is 4.79 Å². The van der Waals surface area contributed by atoms with Crippen LogP contribution in [0.1, 0.15) is 29.8 Å². The minimum Gasteiger partial charge on any atom is -0.484 e. The van der Waals surface area contributed by atoms with Gasteiger partial charge in [-0.05, 0) is 20.3 Å². The predicted octanol–water partition coefficient (Wildman–Crippen LogP) is 2.74. The summed E-state index contributed by atoms with van der Waals surface area (Å²) in [7, 11) is 3.07. The Morgan fingerprint density at radius 1 is 1.22 bits per heavy atom. The summed E-state index contributed by atoms with van der Waals surface area (Å²) < 4.78 is 26.7. The van der Waals surface area contributed by atoms with Crippen LogP contribution in [0.5, 0.6) is 17.2 Å². The number of Topliss-reactive ketones (excluding diaryl/α,β-unsaturated/α-hetero) is 1. The Hall–Kier alpha value is -2.05. The molecule has 0 atom stereocenters. The van der Waals surface area contributed by atoms with Gasteiger partial charge in [-0.25, -0.2) is 0 Å². The Balaban J connectivity index is 2.52. The highest BCUT2D eigenvalue weighted by molar-refractivity contribution is 6.05. The zero-order valence-electron chi connectivity index (χ0n) is 13.9. The highest BCUT2D eigenvalue weighted by Crippen LogP contribution is 2.42. The fourth-order valence-corrected chi connectivity index (χ4v) is 2.27. The minimum absolute atomic E-state index is 0.00842. The lowest BCUT2D eigenvalue weighted by Gasteiger charge is -2.17. The molecule has 0 amide bonds. The summed E-state index contributed by atoms with van der Waals surface area (Å²) in [6, 6.07) is 1.72. The van der Waals surface area contributed by atoms with Gasteiger partial charge in [0.2, 0.25) is 5.78 Å². The van der Waals surface area contributed by atoms with Crippen LogP contribution in [0.4, 0.5) is 0 Å². The Bertz CT molecular complexity index is 602. The molecule has 0 spiro atoms. The Morgan fingerprint density at radius 2 is 1.91 bits per heavy atom. The van der Waals surface area contributed by atoms with E-state index < -0.39 is 0 Å². The summed E-state index contributed by atoms with van der Waals surface area (Å²) in [5.41, 5.74) is 2.38. The normalized spacial score (nSPS) is 12.6. The SMILES string of the molecule is COCOc1cc2c(c(OCOC)c1CC=C(C)C)C(=O)CO2. The fourth-order valence-electron chi connectivity index (χ4n) is 2.27. The lowest BCUT2D eigenvalue weighted by atomic mass is 10.0. The number of hydrogen-bond acceptors (Lipinski definition) is 6. The first kappa shape index (κ1) is 17.3. The first-order chi connectivity index (χ1) is 11.1. The molecule has 1 aromatic carbocycles. The third kappa shape index (κ3) is 4.03. The molecule has 0 saturated heterocycles. The van der Waals surface area contributed by atoms with Gasteiger partial charge >= 0.3 is 0 Å². The molecule has 1 aromatic rings. The van der Waals surface area contributed by atoms with Crippen molar-refractivity contribution in [2.75, 3.05) is 34.4 Å². The van der Waals surface area contributed by atoms with Crippen molar-refractivity contribution in [2.24, 2.45) is 0 Å². The van der Waals surface area contributed by atoms with Gasteiger partial charge in [0.1, 0.15) is 22.8 Å². The van der Waals surface area contributed by atoms with Crippen LogP contribution >= 0.6 is 0 Å². The maximum atomic E-state index is 12.1. The molecule has 0 radical (unpaired) electrons. The van der Waals surface area contributed by atoms with E-state index in [9.17, 15) is 4.79 Å². The van der Waals surface area contributed by atoms with E-state index in [-0.39, 0.29) is 26.0 Å². The van der Waals surface area contributed by atoms with Gasteiger partial charge in [0, 0.05) is 25.8 Å². The van der Waals surface area contributed by atoms with Crippen LogP contribution in [0.15, 0.2) is 17.7 Å². The first-order valence-electron chi connectivity index (χ1n) is 7.31. The molecular weight excluding hydrogens is 300 g/mol. The lowest BCUT2D eigenvalue weighted by Crippen LogP contribution is -2.09. The maximum Gasteiger partial charge on any atom is 0.207 e. The van der Waals surface area contributed by atoms with Gasteiger partial charge in [-0.2, -0.15) is 0 Å². The smallest absolute Gasteiger partial charge is 0.207 e. The largest absolute Gasteiger partial charge is 0.484 e. The second-order valence-corrected chi connectivity index (χ2v) is 5.35. The predicted molar refractivity (Wildman–Crippen MR) is 84.4 cm³/mol. The number of rotatable bonds is 8. The summed E-state index contributed by atoms with van der Waals surface area (Å²) >= 11 is 0. The minimum atomic E-state index is -0.108. The van der Waals surface area contributed by atoms with Crippen molar-refractivity contribution in [3.8, 4) is 17.2 Å². The molecule has 23 heavy (non-hydrogen) atoms. The van der Waals surface area contributed by atoms with E-state index >= 15 is 0 Å². The molecular formula is C17H22O6. The van der Waals surface area contributed by atoms with Crippen molar-refractivity contribution in [1.82, 2.24) is 0 Å². The van der Waals surface area contributed by atoms with Crippen molar-refractivity contribution < 1.29 is 28.5 Å². The van der Waals surface area contributed by atoms with Crippen molar-refractivity contribution in [2.45, 2.75) is 20.3 Å². The quantitative estimate of drug-likeness (QED) is 0.542. The van der Waals surface area contributed by atoms with Crippen molar-refractivity contribution in [1.29, 1.82) is 0 Å². The number of carbonyl (C=O) groups is 1. The molecule has 2 rings (SSSR count). The molecule has 0 aliphatic carbocycles. The van der Waals surface area contributed by atoms with E-state index in [0.29, 0.717) is 29.2 Å². The fraction of sp³-hybridized carbons (Fsp3) is 0.471. The molecule has 126 valence electrons. The average molecular weight is 322 g/mol. The number of ketones is 1. The van der Waals surface area contributed by atoms with E-state index in [4.69, 9.17) is 23.7 Å². The first-order valence-corrected chi connectivity index (χ1v) is 7.31. The molecule has 1 heterocycles. The van der Waals surface area contributed by atoms with Crippen molar-refractivity contribution in [3.63, 3.8) is 0 Å². The Labute approximate surface area is 135 Å². The van der Waals surface area contributed by atoms with Crippen molar-refractivity contribution >= 4 is 5.78 Å². The third-order valence-corrected chi connectivity index (χ3v) is 3.31. The molecule has 6 heteroatoms. The number of methoxy groups -OCH3 is 2. The van der Waals surface area contributed by atoms with Gasteiger partial charge in [-0.1, -0.05) is 11.6 Å². The molecule has 1 aliphatic heterocycles. The highest BCUT2D eigenvalue weighted by Gasteiger charge is 2.30. The molecule has 0 fully saturated rings. The molecule has 0 N–H and O–H groups in total. The van der Waals surface area contributed by atoms with Crippen LogP contribution in [0.3, 0.4) is 0 Å². The standard InChI is InChI=1S/C17H22O6/c1-11(2)5-6-12-14(22-9-19-3)7-15-16(13(18)8-21-15)17(12)23-10-20-4/h5,7H,6,8-10H2,1-4H3. The van der Waals surface area contributed by atoms with E-state index in [0.717, 1.165) is 11.1 Å². The molecule has 0 bridgehead atoms. The topological polar surface area (TPSA) is 63.2 Å². The van der Waals surface area contributed by atoms with Crippen LogP contribution < -0.4 is 14.2 Å². The summed E-state index contributed by atoms with van der Waals surface area (Å²) in [6.45, 7) is 4.15. The maximum absolute atomic E-state index is 12.1. The van der Waals surface area contributed by atoms with Crippen LogP contribution in [0.2, 0.25) is 0 Å². The highest BCUT2D eigenvalue weighted by atomic mass is 16.7. The number of ether oxygens (including phenoxy) is 5. The zero-order chi connectivity index (χ0) is 16.8. The summed E-state index contributed by atoms with van der Waals surface area (Å²) in [6.07, 6.45) is 2.61. The van der Waals surface area contributed by atoms with Gasteiger partial charge < -0.3 is 23.7 Å². The second kappa shape index (κ2) is 7.99. The van der Waals surface area contributed by atoms with Gasteiger partial charge in [0.15, 0.2) is 20.2 Å². The monoisotopic (exact) mass is 322 g/mol. The van der Waals surface area contributed by atoms with Crippen LogP contribution in [-0.2, 0) is 15.9 Å². The van der Waals surface area contributed by atoms with Crippen LogP contribution in [-0.4, -0.2) is 40.2 Å². The average Bonchev–Trinajstić information content (AvgIpc) is 2.89. The Morgan fingerprint density at radius 3 is 2.57 bits per heavy atom. The Kier molecular flexibility index (Phi) is 6.01. The van der Waals surface area contributed by atoms with Gasteiger partial charge in [-0.15, -0.1) is 0 Å². The van der Waals surface area contributed by atoms with Crippen LogP contribution in [0, 0.1) is 0 Å². The molecule has 0 saturated carbocycles. The molecule has 0 aromatic heterocycles. The third-order valence-electron chi connectivity index (χ3n) is 3.31. The van der Waals surface area contributed by atoms with Crippen molar-refractivity contribution in [3.05, 3.63) is 28.8 Å². The van der Waals surface area contributed by atoms with E-state index in [1.807, 2.05) is 19.9 Å². The van der Waals surface area contributed by atoms with Crippen LogP contribution in [0.25, 0.3) is 0 Å². The van der Waals surface area contributed by atoms with E-state index in [1.165, 1.54) is 7.11 Å². The number of carbonyl (C=O) groups excluding carboxylic acids is 1. The number of allylic oxidation sites excluding steroid dienone is 2. The van der Waals surface area contributed by atoms with E-state index in [2.05, 4.69) is 0 Å². The second-order valence-electron chi connectivity index (χ2n) is 5.35. The summed E-state index contributed by atoms with van der Waals surface area (Å²) in [5, 5.41) is 0. The lowest BCUT2D eigenvalue weighted by molar-refractivity contribution is 0.0444. The number of fused-ring (bicyclic) bond motifs is 1. The van der Waals surface area contributed by atoms with Gasteiger partial charge in [0.05, 0.1) is 0 Å². The number of hydrogen-bond donors (Lipinski definition) is 0.